The molecule has 2 aromatic rings. The number of rotatable bonds is 10. The smallest absolute Gasteiger partial charge is 0.159 e. The van der Waals surface area contributed by atoms with E-state index in [-0.39, 0.29) is 5.41 Å². The Balaban J connectivity index is 1.80. The fraction of sp³-hybridized carbons (Fsp3) is 0.583. The average molecular weight is 353 g/mol. The number of nitrogens with zero attached hydrogens (tertiary/aromatic N) is 2. The van der Waals surface area contributed by atoms with Gasteiger partial charge in [0.1, 0.15) is 0 Å². The molecule has 0 unspecified atom stereocenters. The Labute approximate surface area is 160 Å². The van der Waals surface area contributed by atoms with Crippen molar-refractivity contribution in [1.29, 1.82) is 0 Å². The van der Waals surface area contributed by atoms with Gasteiger partial charge in [0.15, 0.2) is 5.82 Å². The molecule has 0 aliphatic carbocycles. The van der Waals surface area contributed by atoms with Gasteiger partial charge in [-0.3, -0.25) is 0 Å². The highest BCUT2D eigenvalue weighted by Crippen LogP contribution is 2.26. The van der Waals surface area contributed by atoms with E-state index in [4.69, 9.17) is 0 Å². The lowest BCUT2D eigenvalue weighted by atomic mass is 9.86. The fourth-order valence-electron chi connectivity index (χ4n) is 3.22. The number of unbranched alkanes of at least 4 members (excludes halogenated alkanes) is 7. The Morgan fingerprint density at radius 3 is 2.04 bits per heavy atom. The molecule has 0 aliphatic rings. The third kappa shape index (κ3) is 6.90. The number of aromatic nitrogens is 2. The van der Waals surface area contributed by atoms with E-state index in [9.17, 15) is 0 Å². The second-order valence-corrected chi connectivity index (χ2v) is 8.47. The highest BCUT2D eigenvalue weighted by Gasteiger charge is 2.14. The van der Waals surface area contributed by atoms with Gasteiger partial charge in [-0.05, 0) is 35.4 Å². The van der Waals surface area contributed by atoms with E-state index in [0.29, 0.717) is 0 Å². The standard InChI is InChI=1S/C24H36N2/c1-5-6-7-8-9-10-11-12-14-20-18-25-23(26-19-20)21-15-13-16-22(17-21)24(2,3)4/h13,15-19H,5-12,14H2,1-4H3. The van der Waals surface area contributed by atoms with Crippen molar-refractivity contribution in [2.24, 2.45) is 0 Å². The molecular formula is C24H36N2. The van der Waals surface area contributed by atoms with Crippen LogP contribution in [0, 0.1) is 0 Å². The Morgan fingerprint density at radius 2 is 1.42 bits per heavy atom. The molecule has 2 rings (SSSR count). The number of benzene rings is 1. The van der Waals surface area contributed by atoms with Crippen molar-refractivity contribution >= 4 is 0 Å². The predicted octanol–water partition coefficient (Wildman–Crippen LogP) is 7.12. The van der Waals surface area contributed by atoms with E-state index in [1.165, 1.54) is 62.5 Å². The van der Waals surface area contributed by atoms with Crippen LogP contribution < -0.4 is 0 Å². The molecule has 0 aliphatic heterocycles. The average Bonchev–Trinajstić information content (AvgIpc) is 2.64. The van der Waals surface area contributed by atoms with Crippen LogP contribution in [0.1, 0.15) is 90.2 Å². The van der Waals surface area contributed by atoms with E-state index < -0.39 is 0 Å². The van der Waals surface area contributed by atoms with Gasteiger partial charge in [0.2, 0.25) is 0 Å². The number of hydrogen-bond acceptors (Lipinski definition) is 2. The summed E-state index contributed by atoms with van der Waals surface area (Å²) in [5, 5.41) is 0. The van der Waals surface area contributed by atoms with Crippen molar-refractivity contribution in [3.05, 3.63) is 47.8 Å². The van der Waals surface area contributed by atoms with Gasteiger partial charge in [0.05, 0.1) is 0 Å². The minimum atomic E-state index is 0.145. The van der Waals surface area contributed by atoms with Gasteiger partial charge in [0, 0.05) is 18.0 Å². The second kappa shape index (κ2) is 10.4. The third-order valence-electron chi connectivity index (χ3n) is 5.01. The SMILES string of the molecule is CCCCCCCCCCc1cnc(-c2cccc(C(C)(C)C)c2)nc1. The first-order valence-corrected chi connectivity index (χ1v) is 10.4. The first-order valence-electron chi connectivity index (χ1n) is 10.4. The third-order valence-corrected chi connectivity index (χ3v) is 5.01. The number of hydrogen-bond donors (Lipinski definition) is 0. The van der Waals surface area contributed by atoms with Gasteiger partial charge in [-0.25, -0.2) is 9.97 Å². The van der Waals surface area contributed by atoms with E-state index in [1.54, 1.807) is 0 Å². The summed E-state index contributed by atoms with van der Waals surface area (Å²) in [6.07, 6.45) is 16.0. The van der Waals surface area contributed by atoms with Gasteiger partial charge < -0.3 is 0 Å². The van der Waals surface area contributed by atoms with E-state index in [2.05, 4.69) is 61.9 Å². The summed E-state index contributed by atoms with van der Waals surface area (Å²) in [6.45, 7) is 8.98. The summed E-state index contributed by atoms with van der Waals surface area (Å²) in [5.74, 6) is 0.829. The zero-order valence-corrected chi connectivity index (χ0v) is 17.2. The Bertz CT molecular complexity index is 638. The molecule has 2 heteroatoms. The summed E-state index contributed by atoms with van der Waals surface area (Å²) in [4.78, 5) is 9.22. The van der Waals surface area contributed by atoms with Gasteiger partial charge in [-0.1, -0.05) is 90.8 Å². The minimum Gasteiger partial charge on any atom is -0.236 e. The van der Waals surface area contributed by atoms with Crippen LogP contribution in [0.5, 0.6) is 0 Å². The molecule has 26 heavy (non-hydrogen) atoms. The summed E-state index contributed by atoms with van der Waals surface area (Å²) < 4.78 is 0. The minimum absolute atomic E-state index is 0.145. The first kappa shape index (κ1) is 20.6. The van der Waals surface area contributed by atoms with E-state index in [0.717, 1.165) is 17.8 Å². The summed E-state index contributed by atoms with van der Waals surface area (Å²) >= 11 is 0. The molecule has 0 spiro atoms. The Hall–Kier alpha value is -1.70. The van der Waals surface area contributed by atoms with Crippen molar-refractivity contribution in [2.45, 2.75) is 90.9 Å². The molecule has 1 aromatic heterocycles. The molecule has 1 aromatic carbocycles. The fourth-order valence-corrected chi connectivity index (χ4v) is 3.22. The van der Waals surface area contributed by atoms with Crippen molar-refractivity contribution < 1.29 is 0 Å². The summed E-state index contributed by atoms with van der Waals surface area (Å²) in [5.41, 5.74) is 3.83. The molecule has 0 bridgehead atoms. The Kier molecular flexibility index (Phi) is 8.28. The molecule has 142 valence electrons. The highest BCUT2D eigenvalue weighted by atomic mass is 14.9. The van der Waals surface area contributed by atoms with Gasteiger partial charge in [-0.15, -0.1) is 0 Å². The van der Waals surface area contributed by atoms with Crippen LogP contribution in [-0.2, 0) is 11.8 Å². The maximum atomic E-state index is 4.61. The maximum Gasteiger partial charge on any atom is 0.159 e. The van der Waals surface area contributed by atoms with Crippen molar-refractivity contribution in [1.82, 2.24) is 9.97 Å². The molecule has 1 heterocycles. The molecule has 0 amide bonds. The quantitative estimate of drug-likeness (QED) is 0.425. The van der Waals surface area contributed by atoms with Crippen molar-refractivity contribution in [3.8, 4) is 11.4 Å². The first-order chi connectivity index (χ1) is 12.5. The largest absolute Gasteiger partial charge is 0.236 e. The molecular weight excluding hydrogens is 316 g/mol. The van der Waals surface area contributed by atoms with Crippen molar-refractivity contribution in [2.75, 3.05) is 0 Å². The van der Waals surface area contributed by atoms with Crippen LogP contribution in [0.3, 0.4) is 0 Å². The lowest BCUT2D eigenvalue weighted by Gasteiger charge is -2.19. The molecule has 2 nitrogen and oxygen atoms in total. The molecule has 0 saturated heterocycles. The zero-order chi connectivity index (χ0) is 18.8. The predicted molar refractivity (Wildman–Crippen MR) is 112 cm³/mol. The van der Waals surface area contributed by atoms with Gasteiger partial charge >= 0.3 is 0 Å². The topological polar surface area (TPSA) is 25.8 Å². The van der Waals surface area contributed by atoms with Crippen LogP contribution in [0.15, 0.2) is 36.7 Å². The second-order valence-electron chi connectivity index (χ2n) is 8.47. The molecule has 0 N–H and O–H groups in total. The summed E-state index contributed by atoms with van der Waals surface area (Å²) in [7, 11) is 0. The van der Waals surface area contributed by atoms with Crippen molar-refractivity contribution in [3.63, 3.8) is 0 Å². The molecule has 0 atom stereocenters. The zero-order valence-electron chi connectivity index (χ0n) is 17.2. The number of aryl methyl sites for hydroxylation is 1. The Morgan fingerprint density at radius 1 is 0.808 bits per heavy atom. The highest BCUT2D eigenvalue weighted by molar-refractivity contribution is 5.56. The van der Waals surface area contributed by atoms with E-state index in [1.807, 2.05) is 12.4 Å². The van der Waals surface area contributed by atoms with Crippen LogP contribution in [-0.4, -0.2) is 9.97 Å². The van der Waals surface area contributed by atoms with Crippen LogP contribution in [0.25, 0.3) is 11.4 Å². The summed E-state index contributed by atoms with van der Waals surface area (Å²) in [6, 6.07) is 8.60. The molecule has 0 saturated carbocycles. The van der Waals surface area contributed by atoms with Crippen LogP contribution in [0.4, 0.5) is 0 Å². The molecule has 0 radical (unpaired) electrons. The monoisotopic (exact) mass is 352 g/mol. The lowest BCUT2D eigenvalue weighted by molar-refractivity contribution is 0.575. The lowest BCUT2D eigenvalue weighted by Crippen LogP contribution is -2.10. The van der Waals surface area contributed by atoms with Crippen LogP contribution in [0.2, 0.25) is 0 Å². The molecule has 0 fully saturated rings. The normalized spacial score (nSPS) is 11.7. The van der Waals surface area contributed by atoms with Gasteiger partial charge in [0.25, 0.3) is 0 Å². The van der Waals surface area contributed by atoms with Crippen LogP contribution >= 0.6 is 0 Å². The van der Waals surface area contributed by atoms with Gasteiger partial charge in [-0.2, -0.15) is 0 Å². The maximum absolute atomic E-state index is 4.61. The van der Waals surface area contributed by atoms with E-state index >= 15 is 0 Å².